The lowest BCUT2D eigenvalue weighted by molar-refractivity contribution is 0.0515. The summed E-state index contributed by atoms with van der Waals surface area (Å²) in [6.07, 6.45) is 1.93. The van der Waals surface area contributed by atoms with Crippen molar-refractivity contribution in [1.29, 1.82) is 0 Å². The van der Waals surface area contributed by atoms with E-state index in [-0.39, 0.29) is 5.02 Å². The van der Waals surface area contributed by atoms with Crippen molar-refractivity contribution in [2.24, 2.45) is 0 Å². The molecule has 0 radical (unpaired) electrons. The molecule has 0 saturated heterocycles. The number of nitrogens with one attached hydrogen (secondary N) is 1. The van der Waals surface area contributed by atoms with Crippen LogP contribution in [0.4, 0.5) is 5.69 Å². The minimum atomic E-state index is -0.994. The van der Waals surface area contributed by atoms with E-state index in [4.69, 9.17) is 23.2 Å². The lowest BCUT2D eigenvalue weighted by Gasteiger charge is -2.24. The van der Waals surface area contributed by atoms with Crippen molar-refractivity contribution in [3.05, 3.63) is 86.8 Å². The maximum atomic E-state index is 12.5. The molecule has 5 nitrogen and oxygen atoms in total. The molecule has 1 aromatic heterocycles. The number of hydrogen-bond donors (Lipinski definition) is 2. The molecule has 140 valence electrons. The largest absolute Gasteiger partial charge is 0.385 e. The second-order valence-electron chi connectivity index (χ2n) is 6.38. The van der Waals surface area contributed by atoms with E-state index < -0.39 is 11.2 Å². The van der Waals surface area contributed by atoms with Gasteiger partial charge in [0.25, 0.3) is 5.56 Å². The van der Waals surface area contributed by atoms with Gasteiger partial charge in [-0.2, -0.15) is 9.78 Å². The third-order valence-electron chi connectivity index (χ3n) is 4.31. The molecule has 0 saturated carbocycles. The monoisotopic (exact) mass is 403 g/mol. The maximum Gasteiger partial charge on any atom is 0.292 e. The topological polar surface area (TPSA) is 67.2 Å². The summed E-state index contributed by atoms with van der Waals surface area (Å²) in [4.78, 5) is 12.5. The van der Waals surface area contributed by atoms with E-state index in [1.807, 2.05) is 30.3 Å². The molecule has 0 aliphatic rings. The average Bonchev–Trinajstić information content (AvgIpc) is 2.67. The van der Waals surface area contributed by atoms with Crippen molar-refractivity contribution in [2.75, 3.05) is 11.9 Å². The van der Waals surface area contributed by atoms with Crippen LogP contribution in [0.25, 0.3) is 5.69 Å². The molecule has 0 aliphatic carbocycles. The summed E-state index contributed by atoms with van der Waals surface area (Å²) in [7, 11) is 0. The number of benzene rings is 2. The smallest absolute Gasteiger partial charge is 0.292 e. The van der Waals surface area contributed by atoms with Gasteiger partial charge in [-0.3, -0.25) is 4.79 Å². The molecule has 0 amide bonds. The van der Waals surface area contributed by atoms with Crippen LogP contribution in [0.15, 0.2) is 65.6 Å². The molecule has 3 rings (SSSR count). The SMILES string of the molecule is CC(O)(CCNc1cnn(-c2ccc(Cl)cc2)c(=O)c1Cl)c1ccccc1. The molecule has 0 fully saturated rings. The summed E-state index contributed by atoms with van der Waals surface area (Å²) in [5.41, 5.74) is 0.403. The third kappa shape index (κ3) is 4.50. The van der Waals surface area contributed by atoms with Crippen LogP contribution in [0.5, 0.6) is 0 Å². The van der Waals surface area contributed by atoms with Gasteiger partial charge in [0.2, 0.25) is 0 Å². The number of aliphatic hydroxyl groups is 1. The van der Waals surface area contributed by atoms with Crippen LogP contribution in [-0.2, 0) is 5.60 Å². The first-order chi connectivity index (χ1) is 12.9. The van der Waals surface area contributed by atoms with Gasteiger partial charge in [-0.05, 0) is 43.2 Å². The van der Waals surface area contributed by atoms with Crippen molar-refractivity contribution in [2.45, 2.75) is 18.9 Å². The van der Waals surface area contributed by atoms with Crippen LogP contribution in [0.1, 0.15) is 18.9 Å². The Hall–Kier alpha value is -2.34. The van der Waals surface area contributed by atoms with Gasteiger partial charge in [0, 0.05) is 11.6 Å². The van der Waals surface area contributed by atoms with Gasteiger partial charge in [-0.1, -0.05) is 53.5 Å². The highest BCUT2D eigenvalue weighted by atomic mass is 35.5. The van der Waals surface area contributed by atoms with Gasteiger partial charge in [-0.25, -0.2) is 0 Å². The average molecular weight is 404 g/mol. The molecule has 1 unspecified atom stereocenters. The fourth-order valence-electron chi connectivity index (χ4n) is 2.70. The molecule has 3 aromatic rings. The van der Waals surface area contributed by atoms with Gasteiger partial charge < -0.3 is 10.4 Å². The predicted octanol–water partition coefficient (Wildman–Crippen LogP) is 4.25. The Labute approximate surface area is 167 Å². The second kappa shape index (κ2) is 8.13. The lowest BCUT2D eigenvalue weighted by atomic mass is 9.93. The van der Waals surface area contributed by atoms with Crippen LogP contribution in [0.2, 0.25) is 10.0 Å². The van der Waals surface area contributed by atoms with Crippen molar-refractivity contribution < 1.29 is 5.11 Å². The summed E-state index contributed by atoms with van der Waals surface area (Å²) < 4.78 is 1.21. The van der Waals surface area contributed by atoms with Gasteiger partial charge in [-0.15, -0.1) is 0 Å². The molecule has 0 spiro atoms. The first kappa shape index (κ1) is 19.4. The second-order valence-corrected chi connectivity index (χ2v) is 7.20. The van der Waals surface area contributed by atoms with E-state index in [1.54, 1.807) is 31.2 Å². The molecule has 1 heterocycles. The zero-order chi connectivity index (χ0) is 19.4. The lowest BCUT2D eigenvalue weighted by Crippen LogP contribution is -2.26. The highest BCUT2D eigenvalue weighted by molar-refractivity contribution is 6.33. The number of hydrogen-bond acceptors (Lipinski definition) is 4. The van der Waals surface area contributed by atoms with Gasteiger partial charge in [0.15, 0.2) is 0 Å². The first-order valence-corrected chi connectivity index (χ1v) is 9.19. The van der Waals surface area contributed by atoms with Crippen molar-refractivity contribution in [1.82, 2.24) is 9.78 Å². The number of nitrogens with zero attached hydrogens (tertiary/aromatic N) is 2. The molecule has 2 aromatic carbocycles. The van der Waals surface area contributed by atoms with Gasteiger partial charge >= 0.3 is 0 Å². The summed E-state index contributed by atoms with van der Waals surface area (Å²) in [5, 5.41) is 18.5. The number of rotatable bonds is 6. The van der Waals surface area contributed by atoms with Crippen LogP contribution < -0.4 is 10.9 Å². The molecular formula is C20H19Cl2N3O2. The van der Waals surface area contributed by atoms with Crippen LogP contribution >= 0.6 is 23.2 Å². The Kier molecular flexibility index (Phi) is 5.85. The van der Waals surface area contributed by atoms with E-state index in [0.29, 0.717) is 29.4 Å². The van der Waals surface area contributed by atoms with Crippen LogP contribution in [0, 0.1) is 0 Å². The van der Waals surface area contributed by atoms with E-state index in [1.165, 1.54) is 10.9 Å². The number of anilines is 1. The minimum absolute atomic E-state index is 0.0410. The van der Waals surface area contributed by atoms with Gasteiger partial charge in [0.1, 0.15) is 5.02 Å². The molecule has 1 atom stereocenters. The van der Waals surface area contributed by atoms with E-state index in [2.05, 4.69) is 10.4 Å². The highest BCUT2D eigenvalue weighted by Crippen LogP contribution is 2.25. The molecule has 7 heteroatoms. The van der Waals surface area contributed by atoms with Crippen molar-refractivity contribution >= 4 is 28.9 Å². The molecule has 0 bridgehead atoms. The fourth-order valence-corrected chi connectivity index (χ4v) is 3.03. The Morgan fingerprint density at radius 3 is 2.44 bits per heavy atom. The first-order valence-electron chi connectivity index (χ1n) is 8.44. The van der Waals surface area contributed by atoms with E-state index >= 15 is 0 Å². The molecule has 27 heavy (non-hydrogen) atoms. The Morgan fingerprint density at radius 2 is 1.78 bits per heavy atom. The van der Waals surface area contributed by atoms with Crippen LogP contribution in [0.3, 0.4) is 0 Å². The quantitative estimate of drug-likeness (QED) is 0.645. The normalized spacial score (nSPS) is 13.2. The minimum Gasteiger partial charge on any atom is -0.385 e. The Morgan fingerprint density at radius 1 is 1.11 bits per heavy atom. The fraction of sp³-hybridized carbons (Fsp3) is 0.200. The summed E-state index contributed by atoms with van der Waals surface area (Å²) in [6.45, 7) is 2.18. The standard InChI is InChI=1S/C20H19Cl2N3O2/c1-20(27,14-5-3-2-4-6-14)11-12-23-17-13-24-25(19(26)18(17)22)16-9-7-15(21)8-10-16/h2-10,13,23,27H,11-12H2,1H3. The molecular weight excluding hydrogens is 385 g/mol. The highest BCUT2D eigenvalue weighted by Gasteiger charge is 2.22. The van der Waals surface area contributed by atoms with Crippen molar-refractivity contribution in [3.8, 4) is 5.69 Å². The maximum absolute atomic E-state index is 12.5. The van der Waals surface area contributed by atoms with Gasteiger partial charge in [0.05, 0.1) is 23.2 Å². The Bertz CT molecular complexity index is 971. The van der Waals surface area contributed by atoms with E-state index in [0.717, 1.165) is 5.56 Å². The summed E-state index contributed by atoms with van der Waals surface area (Å²) in [5.74, 6) is 0. The van der Waals surface area contributed by atoms with Crippen molar-refractivity contribution in [3.63, 3.8) is 0 Å². The Balaban J connectivity index is 1.72. The third-order valence-corrected chi connectivity index (χ3v) is 4.93. The zero-order valence-corrected chi connectivity index (χ0v) is 16.2. The number of aromatic nitrogens is 2. The van der Waals surface area contributed by atoms with E-state index in [9.17, 15) is 9.90 Å². The summed E-state index contributed by atoms with van der Waals surface area (Å²) >= 11 is 12.1. The zero-order valence-electron chi connectivity index (χ0n) is 14.7. The summed E-state index contributed by atoms with van der Waals surface area (Å²) in [6, 6.07) is 16.2. The number of halogens is 2. The molecule has 0 aliphatic heterocycles. The molecule has 2 N–H and O–H groups in total. The predicted molar refractivity (Wildman–Crippen MR) is 109 cm³/mol. The van der Waals surface area contributed by atoms with Crippen LogP contribution in [-0.4, -0.2) is 21.4 Å².